The topological polar surface area (TPSA) is 104 Å². The lowest BCUT2D eigenvalue weighted by atomic mass is 9.98. The number of nitrogens with zero attached hydrogens (tertiary/aromatic N) is 2. The Labute approximate surface area is 202 Å². The van der Waals surface area contributed by atoms with Crippen LogP contribution in [0, 0.1) is 0 Å². The van der Waals surface area contributed by atoms with Crippen LogP contribution in [0.2, 0.25) is 0 Å². The van der Waals surface area contributed by atoms with Crippen LogP contribution in [-0.2, 0) is 17.4 Å². The second kappa shape index (κ2) is 9.46. The van der Waals surface area contributed by atoms with E-state index in [-0.39, 0.29) is 6.42 Å². The Hall–Kier alpha value is -4.18. The number of para-hydroxylation sites is 1. The molecular formula is C26H21F3N4O3. The van der Waals surface area contributed by atoms with Crippen LogP contribution in [0.3, 0.4) is 0 Å². The fourth-order valence-corrected chi connectivity index (χ4v) is 4.23. The van der Waals surface area contributed by atoms with Crippen molar-refractivity contribution in [1.82, 2.24) is 20.7 Å². The molecule has 10 heteroatoms. The van der Waals surface area contributed by atoms with Crippen molar-refractivity contribution in [2.24, 2.45) is 0 Å². The smallest absolute Gasteiger partial charge is 0.416 e. The van der Waals surface area contributed by atoms with E-state index in [0.29, 0.717) is 47.7 Å². The fourth-order valence-electron chi connectivity index (χ4n) is 4.23. The molecule has 0 aliphatic rings. The van der Waals surface area contributed by atoms with E-state index in [1.807, 2.05) is 36.4 Å². The first-order valence-corrected chi connectivity index (χ1v) is 11.3. The van der Waals surface area contributed by atoms with E-state index in [9.17, 15) is 18.0 Å². The monoisotopic (exact) mass is 494 g/mol. The molecule has 2 aromatic heterocycles. The number of H-pyrrole nitrogens is 1. The summed E-state index contributed by atoms with van der Waals surface area (Å²) in [4.78, 5) is 14.5. The Balaban J connectivity index is 1.53. The molecule has 0 fully saturated rings. The van der Waals surface area contributed by atoms with Crippen LogP contribution in [0.4, 0.5) is 13.2 Å². The third-order valence-corrected chi connectivity index (χ3v) is 6.02. The third-order valence-electron chi connectivity index (χ3n) is 6.02. The maximum absolute atomic E-state index is 13.1. The minimum Gasteiger partial charge on any atom is -0.421 e. The Morgan fingerprint density at radius 1 is 0.972 bits per heavy atom. The highest BCUT2D eigenvalue weighted by Gasteiger charge is 2.30. The number of alkyl halides is 3. The summed E-state index contributed by atoms with van der Waals surface area (Å²) in [6, 6.07) is 16.5. The van der Waals surface area contributed by atoms with E-state index in [0.717, 1.165) is 33.9 Å². The molecule has 0 unspecified atom stereocenters. The molecule has 0 saturated carbocycles. The number of unbranched alkanes of at least 4 members (excludes halogenated alkanes) is 1. The Morgan fingerprint density at radius 3 is 2.50 bits per heavy atom. The average molecular weight is 494 g/mol. The van der Waals surface area contributed by atoms with Gasteiger partial charge in [0.1, 0.15) is 0 Å². The molecular weight excluding hydrogens is 473 g/mol. The van der Waals surface area contributed by atoms with Crippen molar-refractivity contribution in [3.63, 3.8) is 0 Å². The number of aromatic amines is 1. The van der Waals surface area contributed by atoms with Gasteiger partial charge in [-0.05, 0) is 48.7 Å². The number of aromatic nitrogens is 3. The van der Waals surface area contributed by atoms with Crippen LogP contribution in [0.5, 0.6) is 0 Å². The molecule has 0 radical (unpaired) electrons. The van der Waals surface area contributed by atoms with Crippen LogP contribution in [0.15, 0.2) is 65.1 Å². The molecule has 0 bridgehead atoms. The molecule has 7 nitrogen and oxygen atoms in total. The molecule has 3 aromatic carbocycles. The predicted molar refractivity (Wildman–Crippen MR) is 127 cm³/mol. The van der Waals surface area contributed by atoms with E-state index >= 15 is 0 Å². The highest BCUT2D eigenvalue weighted by atomic mass is 19.4. The van der Waals surface area contributed by atoms with E-state index in [1.165, 1.54) is 12.1 Å². The minimum atomic E-state index is -4.42. The summed E-state index contributed by atoms with van der Waals surface area (Å²) in [5, 5.41) is 18.7. The normalized spacial score (nSPS) is 11.9. The first-order valence-electron chi connectivity index (χ1n) is 11.3. The SMILES string of the molecule is O=C(CCCCc1nnc(-c2cc(-c3ccc(C(F)(F)F)cc3)c3[nH]c4ccccc4c3c2)o1)NO. The molecule has 1 amide bonds. The van der Waals surface area contributed by atoms with Crippen LogP contribution < -0.4 is 5.48 Å². The summed E-state index contributed by atoms with van der Waals surface area (Å²) in [6.07, 6.45) is -2.60. The van der Waals surface area contributed by atoms with Gasteiger partial charge in [-0.25, -0.2) is 5.48 Å². The molecule has 2 heterocycles. The van der Waals surface area contributed by atoms with Crippen molar-refractivity contribution in [3.05, 3.63) is 72.1 Å². The van der Waals surface area contributed by atoms with Gasteiger partial charge in [-0.2, -0.15) is 13.2 Å². The number of carbonyl (C=O) groups excluding carboxylic acids is 1. The van der Waals surface area contributed by atoms with Crippen molar-refractivity contribution >= 4 is 27.7 Å². The van der Waals surface area contributed by atoms with Crippen molar-refractivity contribution < 1.29 is 27.6 Å². The van der Waals surface area contributed by atoms with Crippen LogP contribution in [0.25, 0.3) is 44.4 Å². The Bertz CT molecular complexity index is 1540. The lowest BCUT2D eigenvalue weighted by Crippen LogP contribution is -2.17. The van der Waals surface area contributed by atoms with Gasteiger partial charge in [-0.1, -0.05) is 30.3 Å². The molecule has 0 spiro atoms. The zero-order chi connectivity index (χ0) is 25.3. The minimum absolute atomic E-state index is 0.186. The van der Waals surface area contributed by atoms with Crippen LogP contribution in [0.1, 0.15) is 30.7 Å². The number of hydroxylamine groups is 1. The zero-order valence-electron chi connectivity index (χ0n) is 18.9. The number of benzene rings is 3. The number of hydrogen-bond donors (Lipinski definition) is 3. The summed E-state index contributed by atoms with van der Waals surface area (Å²) >= 11 is 0. The molecule has 0 atom stereocenters. The molecule has 3 N–H and O–H groups in total. The molecule has 0 aliphatic carbocycles. The number of halogens is 3. The van der Waals surface area contributed by atoms with Gasteiger partial charge in [0.05, 0.1) is 11.1 Å². The van der Waals surface area contributed by atoms with E-state index in [4.69, 9.17) is 9.62 Å². The molecule has 5 rings (SSSR count). The maximum Gasteiger partial charge on any atom is 0.416 e. The van der Waals surface area contributed by atoms with Crippen molar-refractivity contribution in [3.8, 4) is 22.6 Å². The van der Waals surface area contributed by atoms with Gasteiger partial charge < -0.3 is 9.40 Å². The maximum atomic E-state index is 13.1. The highest BCUT2D eigenvalue weighted by molar-refractivity contribution is 6.13. The summed E-state index contributed by atoms with van der Waals surface area (Å²) in [5.41, 5.74) is 4.54. The highest BCUT2D eigenvalue weighted by Crippen LogP contribution is 2.38. The Kier molecular flexibility index (Phi) is 6.19. The molecule has 0 saturated heterocycles. The first kappa shape index (κ1) is 23.6. The van der Waals surface area contributed by atoms with Gasteiger partial charge in [0, 0.05) is 40.3 Å². The quantitative estimate of drug-likeness (QED) is 0.140. The number of aryl methyl sites for hydroxylation is 1. The second-order valence-corrected chi connectivity index (χ2v) is 8.44. The van der Waals surface area contributed by atoms with Gasteiger partial charge >= 0.3 is 6.18 Å². The number of carbonyl (C=O) groups is 1. The van der Waals surface area contributed by atoms with Crippen LogP contribution in [-0.4, -0.2) is 26.3 Å². The fraction of sp³-hybridized carbons (Fsp3) is 0.192. The lowest BCUT2D eigenvalue weighted by Gasteiger charge is -2.10. The van der Waals surface area contributed by atoms with Crippen molar-refractivity contribution in [2.45, 2.75) is 31.9 Å². The number of fused-ring (bicyclic) bond motifs is 3. The number of rotatable bonds is 7. The third kappa shape index (κ3) is 4.67. The van der Waals surface area contributed by atoms with Gasteiger partial charge in [-0.3, -0.25) is 10.0 Å². The van der Waals surface area contributed by atoms with Crippen LogP contribution >= 0.6 is 0 Å². The average Bonchev–Trinajstić information content (AvgIpc) is 3.50. The zero-order valence-corrected chi connectivity index (χ0v) is 18.9. The van der Waals surface area contributed by atoms with Gasteiger partial charge in [0.15, 0.2) is 0 Å². The largest absolute Gasteiger partial charge is 0.421 e. The molecule has 36 heavy (non-hydrogen) atoms. The van der Waals surface area contributed by atoms with E-state index in [1.54, 1.807) is 5.48 Å². The number of nitrogens with one attached hydrogen (secondary N) is 2. The van der Waals surface area contributed by atoms with Gasteiger partial charge in [0.2, 0.25) is 17.7 Å². The van der Waals surface area contributed by atoms with Gasteiger partial charge in [-0.15, -0.1) is 10.2 Å². The van der Waals surface area contributed by atoms with Crippen molar-refractivity contribution in [2.75, 3.05) is 0 Å². The summed E-state index contributed by atoms with van der Waals surface area (Å²) < 4.78 is 45.2. The Morgan fingerprint density at radius 2 is 1.75 bits per heavy atom. The first-order chi connectivity index (χ1) is 17.3. The summed E-state index contributed by atoms with van der Waals surface area (Å²) in [7, 11) is 0. The second-order valence-electron chi connectivity index (χ2n) is 8.44. The lowest BCUT2D eigenvalue weighted by molar-refractivity contribution is -0.137. The van der Waals surface area contributed by atoms with E-state index in [2.05, 4.69) is 15.2 Å². The standard InChI is InChI=1S/C26H21F3N4O3/c27-26(28,29)17-11-9-15(10-12-17)19-13-16(14-20-18-5-1-2-6-21(18)30-24(19)20)25-32-31-23(36-25)8-4-3-7-22(34)33-35/h1-2,5-6,9-14,30,35H,3-4,7-8H2,(H,33,34). The molecule has 5 aromatic rings. The number of amides is 1. The van der Waals surface area contributed by atoms with Crippen molar-refractivity contribution in [1.29, 1.82) is 0 Å². The molecule has 0 aliphatic heterocycles. The number of hydrogen-bond acceptors (Lipinski definition) is 5. The van der Waals surface area contributed by atoms with Gasteiger partial charge in [0.25, 0.3) is 0 Å². The van der Waals surface area contributed by atoms with E-state index < -0.39 is 17.6 Å². The summed E-state index contributed by atoms with van der Waals surface area (Å²) in [5.74, 6) is 0.243. The predicted octanol–water partition coefficient (Wildman–Crippen LogP) is 6.28. The molecule has 184 valence electrons. The summed E-state index contributed by atoms with van der Waals surface area (Å²) in [6.45, 7) is 0.